The molecule has 276 valence electrons. The highest BCUT2D eigenvalue weighted by Gasteiger charge is 2.33. The smallest absolute Gasteiger partial charge is 0.350 e. The number of aliphatic hydroxyl groups excluding tert-OH is 1. The number of halogens is 2. The number of anilines is 2. The van der Waals surface area contributed by atoms with Crippen LogP contribution in [0.1, 0.15) is 58.6 Å². The summed E-state index contributed by atoms with van der Waals surface area (Å²) < 4.78 is 9.26. The van der Waals surface area contributed by atoms with Crippen LogP contribution in [0.25, 0.3) is 5.69 Å². The number of rotatable bonds is 15. The maximum atomic E-state index is 13.0. The van der Waals surface area contributed by atoms with Gasteiger partial charge in [-0.3, -0.25) is 0 Å². The number of benzene rings is 3. The number of aromatic nitrogens is 6. The normalized spacial score (nSPS) is 16.4. The van der Waals surface area contributed by atoms with Gasteiger partial charge in [0.2, 0.25) is 0 Å². The molecule has 1 aliphatic heterocycles. The van der Waals surface area contributed by atoms with Crippen LogP contribution in [0, 0.1) is 5.92 Å². The molecule has 0 amide bonds. The van der Waals surface area contributed by atoms with Crippen LogP contribution in [-0.4, -0.2) is 73.3 Å². The van der Waals surface area contributed by atoms with E-state index in [4.69, 9.17) is 27.9 Å². The van der Waals surface area contributed by atoms with Crippen LogP contribution in [0.3, 0.4) is 0 Å². The molecule has 2 aromatic heterocycles. The second kappa shape index (κ2) is 16.6. The van der Waals surface area contributed by atoms with Crippen molar-refractivity contribution in [2.24, 2.45) is 5.92 Å². The topological polar surface area (TPSA) is 106 Å². The summed E-state index contributed by atoms with van der Waals surface area (Å²) in [5.41, 5.74) is 3.47. The highest BCUT2D eigenvalue weighted by molar-refractivity contribution is 6.35. The zero-order valence-corrected chi connectivity index (χ0v) is 31.8. The third-order valence-corrected chi connectivity index (χ3v) is 10.8. The van der Waals surface area contributed by atoms with Crippen LogP contribution in [0.4, 0.5) is 11.4 Å². The minimum absolute atomic E-state index is 0.252. The third-order valence-electron chi connectivity index (χ3n) is 10.3. The Bertz CT molecular complexity index is 1940. The Morgan fingerprint density at radius 2 is 1.44 bits per heavy atom. The lowest BCUT2D eigenvalue weighted by Crippen LogP contribution is -2.46. The predicted molar refractivity (Wildman–Crippen MR) is 207 cm³/mol. The van der Waals surface area contributed by atoms with Crippen molar-refractivity contribution in [3.63, 3.8) is 0 Å². The Hall–Kier alpha value is -4.32. The van der Waals surface area contributed by atoms with Crippen LogP contribution >= 0.6 is 23.2 Å². The first-order chi connectivity index (χ1) is 25.1. The Labute approximate surface area is 315 Å². The standard InChI is InChI=1S/C39H48Cl2N8O3/c1-5-29(24-39(4,26-48-42-17-18-43-48)35-16-7-30(40)23-36(35)41)25-52-34-14-12-32(13-15-34)46-21-19-45(20-22-46)31-8-10-33(11-9-31)47-27-44-49(38(47)51)37(6-2)28(3)50/h7-18,23,27-29,37,50H,5-6,19-22,24-26H2,1-4H3/t28-,29+,37-,39+/m0/s1. The summed E-state index contributed by atoms with van der Waals surface area (Å²) in [6.07, 6.45) is 6.65. The summed E-state index contributed by atoms with van der Waals surface area (Å²) in [5.74, 6) is 1.12. The maximum Gasteiger partial charge on any atom is 0.350 e. The van der Waals surface area contributed by atoms with Gasteiger partial charge in [0.05, 0.1) is 43.4 Å². The van der Waals surface area contributed by atoms with E-state index in [0.717, 1.165) is 61.7 Å². The minimum Gasteiger partial charge on any atom is -0.493 e. The molecule has 0 saturated carbocycles. The van der Waals surface area contributed by atoms with Gasteiger partial charge < -0.3 is 19.6 Å². The van der Waals surface area contributed by atoms with Gasteiger partial charge in [-0.05, 0) is 91.9 Å². The van der Waals surface area contributed by atoms with Crippen molar-refractivity contribution in [1.82, 2.24) is 29.3 Å². The van der Waals surface area contributed by atoms with Gasteiger partial charge in [0.1, 0.15) is 12.1 Å². The summed E-state index contributed by atoms with van der Waals surface area (Å²) in [4.78, 5) is 19.5. The molecule has 11 nitrogen and oxygen atoms in total. The Balaban J connectivity index is 1.03. The summed E-state index contributed by atoms with van der Waals surface area (Å²) in [6, 6.07) is 21.7. The lowest BCUT2D eigenvalue weighted by atomic mass is 9.74. The van der Waals surface area contributed by atoms with Gasteiger partial charge in [-0.2, -0.15) is 20.1 Å². The van der Waals surface area contributed by atoms with Gasteiger partial charge in [0.25, 0.3) is 0 Å². The van der Waals surface area contributed by atoms with Crippen LogP contribution < -0.4 is 20.2 Å². The molecule has 1 N–H and O–H groups in total. The number of ether oxygens (including phenoxy) is 1. The zero-order valence-electron chi connectivity index (χ0n) is 30.3. The molecule has 0 bridgehead atoms. The van der Waals surface area contributed by atoms with Crippen LogP contribution in [0.5, 0.6) is 5.75 Å². The molecule has 4 atom stereocenters. The molecular formula is C39H48Cl2N8O3. The average Bonchev–Trinajstić information content (AvgIpc) is 3.80. The van der Waals surface area contributed by atoms with Crippen molar-refractivity contribution in [3.05, 3.63) is 112 Å². The van der Waals surface area contributed by atoms with Gasteiger partial charge in [-0.25, -0.2) is 14.0 Å². The fourth-order valence-electron chi connectivity index (χ4n) is 7.29. The molecule has 52 heavy (non-hydrogen) atoms. The average molecular weight is 748 g/mol. The van der Waals surface area contributed by atoms with Crippen molar-refractivity contribution >= 4 is 34.6 Å². The van der Waals surface area contributed by atoms with E-state index in [9.17, 15) is 9.90 Å². The van der Waals surface area contributed by atoms with Gasteiger partial charge >= 0.3 is 5.69 Å². The van der Waals surface area contributed by atoms with Gasteiger partial charge in [0.15, 0.2) is 0 Å². The lowest BCUT2D eigenvalue weighted by Gasteiger charge is -2.37. The molecule has 3 aromatic carbocycles. The highest BCUT2D eigenvalue weighted by atomic mass is 35.5. The second-order valence-electron chi connectivity index (χ2n) is 14.0. The van der Waals surface area contributed by atoms with E-state index in [1.165, 1.54) is 21.3 Å². The third kappa shape index (κ3) is 8.48. The summed E-state index contributed by atoms with van der Waals surface area (Å²) >= 11 is 13.0. The molecule has 1 fully saturated rings. The summed E-state index contributed by atoms with van der Waals surface area (Å²) in [7, 11) is 0. The quantitative estimate of drug-likeness (QED) is 0.122. The van der Waals surface area contributed by atoms with Gasteiger partial charge in [-0.15, -0.1) is 0 Å². The van der Waals surface area contributed by atoms with E-state index in [1.807, 2.05) is 31.2 Å². The Kier molecular flexibility index (Phi) is 11.9. The number of hydrogen-bond donors (Lipinski definition) is 1. The van der Waals surface area contributed by atoms with Crippen molar-refractivity contribution in [2.45, 2.75) is 71.1 Å². The van der Waals surface area contributed by atoms with Crippen LogP contribution in [0.2, 0.25) is 10.0 Å². The Morgan fingerprint density at radius 3 is 2.00 bits per heavy atom. The molecule has 0 radical (unpaired) electrons. The summed E-state index contributed by atoms with van der Waals surface area (Å²) in [5, 5.41) is 24.3. The van der Waals surface area contributed by atoms with E-state index in [1.54, 1.807) is 30.2 Å². The number of nitrogens with zero attached hydrogens (tertiary/aromatic N) is 8. The Morgan fingerprint density at radius 1 is 0.846 bits per heavy atom. The first-order valence-electron chi connectivity index (χ1n) is 18.1. The van der Waals surface area contributed by atoms with E-state index in [-0.39, 0.29) is 23.1 Å². The molecular weight excluding hydrogens is 699 g/mol. The molecule has 3 heterocycles. The number of piperazine rings is 1. The molecule has 1 saturated heterocycles. The van der Waals surface area contributed by atoms with E-state index in [0.29, 0.717) is 29.6 Å². The largest absolute Gasteiger partial charge is 0.493 e. The van der Waals surface area contributed by atoms with Crippen molar-refractivity contribution < 1.29 is 9.84 Å². The molecule has 0 spiro atoms. The monoisotopic (exact) mass is 746 g/mol. The summed E-state index contributed by atoms with van der Waals surface area (Å²) in [6.45, 7) is 12.7. The van der Waals surface area contributed by atoms with Crippen LogP contribution in [0.15, 0.2) is 90.2 Å². The number of aliphatic hydroxyl groups is 1. The van der Waals surface area contributed by atoms with Crippen molar-refractivity contribution in [2.75, 3.05) is 42.6 Å². The van der Waals surface area contributed by atoms with E-state index in [2.05, 4.69) is 75.3 Å². The fraction of sp³-hybridized carbons (Fsp3) is 0.436. The van der Waals surface area contributed by atoms with Gasteiger partial charge in [0, 0.05) is 53.0 Å². The van der Waals surface area contributed by atoms with Gasteiger partial charge in [-0.1, -0.05) is 56.5 Å². The first kappa shape index (κ1) is 37.4. The van der Waals surface area contributed by atoms with Crippen molar-refractivity contribution in [1.29, 1.82) is 0 Å². The zero-order chi connectivity index (χ0) is 36.8. The molecule has 1 aliphatic rings. The SMILES string of the molecule is CC[C@@H](COc1ccc(N2CCN(c3ccc(-n4cnn([C@@H](CC)[C@H](C)O)c4=O)cc3)CC2)cc1)C[C@](C)(Cn1nccn1)c1ccc(Cl)cc1Cl. The van der Waals surface area contributed by atoms with E-state index < -0.39 is 6.10 Å². The lowest BCUT2D eigenvalue weighted by molar-refractivity contribution is 0.118. The van der Waals surface area contributed by atoms with Crippen LogP contribution in [-0.2, 0) is 12.0 Å². The van der Waals surface area contributed by atoms with E-state index >= 15 is 0 Å². The highest BCUT2D eigenvalue weighted by Crippen LogP contribution is 2.39. The van der Waals surface area contributed by atoms with Crippen molar-refractivity contribution in [3.8, 4) is 11.4 Å². The molecule has 0 aliphatic carbocycles. The predicted octanol–water partition coefficient (Wildman–Crippen LogP) is 7.04. The molecule has 6 rings (SSSR count). The first-order valence-corrected chi connectivity index (χ1v) is 18.8. The molecule has 5 aromatic rings. The second-order valence-corrected chi connectivity index (χ2v) is 14.8. The molecule has 13 heteroatoms. The number of hydrogen-bond acceptors (Lipinski definition) is 8. The minimum atomic E-state index is -0.663. The fourth-order valence-corrected chi connectivity index (χ4v) is 7.92. The molecule has 0 unspecified atom stereocenters. The maximum absolute atomic E-state index is 13.0.